The summed E-state index contributed by atoms with van der Waals surface area (Å²) in [6.07, 6.45) is -1.98. The Balaban J connectivity index is 1.57. The summed E-state index contributed by atoms with van der Waals surface area (Å²) in [6.45, 7) is 4.60. The lowest BCUT2D eigenvalue weighted by atomic mass is 10.00. The van der Waals surface area contributed by atoms with E-state index in [0.29, 0.717) is 36.1 Å². The third-order valence-corrected chi connectivity index (χ3v) is 4.93. The number of hydrogen-bond donors (Lipinski definition) is 2. The Hall–Kier alpha value is -3.63. The molecule has 4 rings (SSSR count). The standard InChI is InChI=1S/C20H19F3N6O2/c1-19(2)16(30)24-8-9-29(19)18-26-11-14(31-18)12-4-3-5-13(10-12)27-17-25-7-6-15(28-17)20(21,22)23/h3-7,10-11H,8-9H2,1-2H3,(H,24,30)(H,25,27,28). The van der Waals surface area contributed by atoms with E-state index in [1.165, 1.54) is 6.20 Å². The molecular weight excluding hydrogens is 413 g/mol. The first-order valence-corrected chi connectivity index (χ1v) is 9.44. The molecule has 0 spiro atoms. The maximum Gasteiger partial charge on any atom is 0.433 e. The van der Waals surface area contributed by atoms with Crippen molar-refractivity contribution < 1.29 is 22.4 Å². The van der Waals surface area contributed by atoms with Crippen LogP contribution in [0.3, 0.4) is 0 Å². The van der Waals surface area contributed by atoms with E-state index in [2.05, 4.69) is 25.6 Å². The zero-order chi connectivity index (χ0) is 22.2. The molecule has 1 amide bonds. The third kappa shape index (κ3) is 4.16. The fourth-order valence-electron chi connectivity index (χ4n) is 3.21. The molecule has 1 saturated heterocycles. The summed E-state index contributed by atoms with van der Waals surface area (Å²) in [5.41, 5.74) is -0.721. The van der Waals surface area contributed by atoms with Crippen LogP contribution in [0.1, 0.15) is 19.5 Å². The second-order valence-electron chi connectivity index (χ2n) is 7.44. The van der Waals surface area contributed by atoms with Crippen LogP contribution in [0.25, 0.3) is 11.3 Å². The van der Waals surface area contributed by atoms with Gasteiger partial charge in [-0.2, -0.15) is 13.2 Å². The van der Waals surface area contributed by atoms with Crippen molar-refractivity contribution in [1.29, 1.82) is 0 Å². The molecule has 31 heavy (non-hydrogen) atoms. The van der Waals surface area contributed by atoms with E-state index in [9.17, 15) is 18.0 Å². The number of rotatable bonds is 4. The van der Waals surface area contributed by atoms with E-state index >= 15 is 0 Å². The maximum absolute atomic E-state index is 12.9. The predicted molar refractivity (Wildman–Crippen MR) is 107 cm³/mol. The highest BCUT2D eigenvalue weighted by molar-refractivity contribution is 5.89. The molecule has 3 aromatic rings. The molecule has 162 valence electrons. The van der Waals surface area contributed by atoms with Gasteiger partial charge in [0.25, 0.3) is 6.01 Å². The number of anilines is 3. The molecule has 0 aliphatic carbocycles. The molecule has 1 aliphatic heterocycles. The number of nitrogens with one attached hydrogen (secondary N) is 2. The van der Waals surface area contributed by atoms with E-state index in [0.717, 1.165) is 12.3 Å². The smallest absolute Gasteiger partial charge is 0.423 e. The minimum absolute atomic E-state index is 0.120. The number of alkyl halides is 3. The van der Waals surface area contributed by atoms with Crippen molar-refractivity contribution in [1.82, 2.24) is 20.3 Å². The van der Waals surface area contributed by atoms with Crippen molar-refractivity contribution in [3.05, 3.63) is 48.4 Å². The van der Waals surface area contributed by atoms with Gasteiger partial charge in [-0.3, -0.25) is 4.79 Å². The number of amides is 1. The lowest BCUT2D eigenvalue weighted by Crippen LogP contribution is -2.62. The normalized spacial score (nSPS) is 16.2. The molecular formula is C20H19F3N6O2. The second kappa shape index (κ2) is 7.56. The van der Waals surface area contributed by atoms with Gasteiger partial charge < -0.3 is 20.0 Å². The highest BCUT2D eigenvalue weighted by Crippen LogP contribution is 2.31. The Kier molecular flexibility index (Phi) is 5.03. The summed E-state index contributed by atoms with van der Waals surface area (Å²) in [5.74, 6) is 0.155. The topological polar surface area (TPSA) is 96.2 Å². The number of halogens is 3. The van der Waals surface area contributed by atoms with E-state index < -0.39 is 17.4 Å². The Morgan fingerprint density at radius 2 is 2.03 bits per heavy atom. The van der Waals surface area contributed by atoms with Crippen molar-refractivity contribution in [2.24, 2.45) is 0 Å². The minimum atomic E-state index is -4.56. The van der Waals surface area contributed by atoms with Gasteiger partial charge in [0.05, 0.1) is 6.20 Å². The van der Waals surface area contributed by atoms with E-state index in [1.54, 1.807) is 43.0 Å². The minimum Gasteiger partial charge on any atom is -0.423 e. The molecule has 1 aliphatic rings. The zero-order valence-corrected chi connectivity index (χ0v) is 16.7. The summed E-state index contributed by atoms with van der Waals surface area (Å²) < 4.78 is 44.5. The number of carbonyl (C=O) groups is 1. The van der Waals surface area contributed by atoms with Gasteiger partial charge in [-0.15, -0.1) is 0 Å². The molecule has 2 aromatic heterocycles. The molecule has 11 heteroatoms. The molecule has 0 saturated carbocycles. The molecule has 1 fully saturated rings. The van der Waals surface area contributed by atoms with Gasteiger partial charge in [-0.1, -0.05) is 12.1 Å². The fraction of sp³-hybridized carbons (Fsp3) is 0.300. The lowest BCUT2D eigenvalue weighted by molar-refractivity contribution is -0.141. The van der Waals surface area contributed by atoms with Crippen LogP contribution in [0, 0.1) is 0 Å². The third-order valence-electron chi connectivity index (χ3n) is 4.93. The molecule has 3 heterocycles. The number of aromatic nitrogens is 3. The Bertz CT molecular complexity index is 1110. The number of benzene rings is 1. The second-order valence-corrected chi connectivity index (χ2v) is 7.44. The average molecular weight is 432 g/mol. The first-order chi connectivity index (χ1) is 14.6. The zero-order valence-electron chi connectivity index (χ0n) is 16.7. The average Bonchev–Trinajstić information content (AvgIpc) is 3.20. The summed E-state index contributed by atoms with van der Waals surface area (Å²) in [5, 5.41) is 5.58. The molecule has 8 nitrogen and oxygen atoms in total. The van der Waals surface area contributed by atoms with Gasteiger partial charge in [-0.25, -0.2) is 15.0 Å². The molecule has 1 aromatic carbocycles. The summed E-state index contributed by atoms with van der Waals surface area (Å²) in [4.78, 5) is 25.6. The van der Waals surface area contributed by atoms with Gasteiger partial charge in [0.2, 0.25) is 11.9 Å². The van der Waals surface area contributed by atoms with E-state index in [-0.39, 0.29) is 11.9 Å². The maximum atomic E-state index is 12.9. The molecule has 0 bridgehead atoms. The first-order valence-electron chi connectivity index (χ1n) is 9.44. The molecule has 0 unspecified atom stereocenters. The first kappa shape index (κ1) is 20.6. The number of carbonyl (C=O) groups excluding carboxylic acids is 1. The molecule has 2 N–H and O–H groups in total. The SMILES string of the molecule is CC1(C)C(=O)NCCN1c1ncc(-c2cccc(Nc3nccc(C(F)(F)F)n3)c2)o1. The van der Waals surface area contributed by atoms with Crippen LogP contribution >= 0.6 is 0 Å². The lowest BCUT2D eigenvalue weighted by Gasteiger charge is -2.40. The Labute approximate surface area is 175 Å². The van der Waals surface area contributed by atoms with Crippen molar-refractivity contribution in [3.63, 3.8) is 0 Å². The fourth-order valence-corrected chi connectivity index (χ4v) is 3.21. The Morgan fingerprint density at radius 1 is 1.23 bits per heavy atom. The quantitative estimate of drug-likeness (QED) is 0.650. The van der Waals surface area contributed by atoms with E-state index in [1.807, 2.05) is 0 Å². The van der Waals surface area contributed by atoms with Crippen LogP contribution in [0.5, 0.6) is 0 Å². The summed E-state index contributed by atoms with van der Waals surface area (Å²) >= 11 is 0. The van der Waals surface area contributed by atoms with Crippen LogP contribution in [0.4, 0.5) is 30.8 Å². The van der Waals surface area contributed by atoms with Gasteiger partial charge in [0.15, 0.2) is 5.76 Å². The molecule has 0 atom stereocenters. The van der Waals surface area contributed by atoms with Crippen molar-refractivity contribution in [2.45, 2.75) is 25.6 Å². The predicted octanol–water partition coefficient (Wildman–Crippen LogP) is 3.61. The van der Waals surface area contributed by atoms with Crippen LogP contribution in [-0.4, -0.2) is 39.5 Å². The van der Waals surface area contributed by atoms with Crippen LogP contribution in [-0.2, 0) is 11.0 Å². The van der Waals surface area contributed by atoms with Crippen LogP contribution in [0.15, 0.2) is 47.1 Å². The van der Waals surface area contributed by atoms with E-state index in [4.69, 9.17) is 4.42 Å². The van der Waals surface area contributed by atoms with Gasteiger partial charge in [-0.05, 0) is 32.0 Å². The number of nitrogens with zero attached hydrogens (tertiary/aromatic N) is 4. The summed E-state index contributed by atoms with van der Waals surface area (Å²) in [7, 11) is 0. The highest BCUT2D eigenvalue weighted by Gasteiger charge is 2.40. The molecule has 0 radical (unpaired) electrons. The van der Waals surface area contributed by atoms with Crippen molar-refractivity contribution in [2.75, 3.05) is 23.3 Å². The van der Waals surface area contributed by atoms with Crippen LogP contribution < -0.4 is 15.5 Å². The number of piperazine rings is 1. The Morgan fingerprint density at radius 3 is 2.81 bits per heavy atom. The van der Waals surface area contributed by atoms with Gasteiger partial charge in [0.1, 0.15) is 11.2 Å². The summed E-state index contributed by atoms with van der Waals surface area (Å²) in [6, 6.07) is 7.96. The monoisotopic (exact) mass is 432 g/mol. The largest absolute Gasteiger partial charge is 0.433 e. The van der Waals surface area contributed by atoms with Gasteiger partial charge in [0, 0.05) is 30.5 Å². The van der Waals surface area contributed by atoms with Crippen molar-refractivity contribution in [3.8, 4) is 11.3 Å². The highest BCUT2D eigenvalue weighted by atomic mass is 19.4. The van der Waals surface area contributed by atoms with Gasteiger partial charge >= 0.3 is 6.18 Å². The van der Waals surface area contributed by atoms with Crippen molar-refractivity contribution >= 4 is 23.6 Å². The number of hydrogen-bond acceptors (Lipinski definition) is 7. The van der Waals surface area contributed by atoms with Crippen LogP contribution in [0.2, 0.25) is 0 Å². The number of oxazole rings is 1.